The number of benzene rings is 1. The number of aliphatic carboxylic acids is 1. The van der Waals surface area contributed by atoms with Gasteiger partial charge in [0.2, 0.25) is 0 Å². The Morgan fingerprint density at radius 3 is 2.68 bits per heavy atom. The Hall–Kier alpha value is -1.46. The second-order valence-electron chi connectivity index (χ2n) is 4.05. The van der Waals surface area contributed by atoms with E-state index in [4.69, 9.17) is 27.9 Å². The van der Waals surface area contributed by atoms with Crippen molar-refractivity contribution < 1.29 is 19.4 Å². The molecule has 0 aromatic heterocycles. The van der Waals surface area contributed by atoms with Crippen LogP contribution in [-0.2, 0) is 9.59 Å². The van der Waals surface area contributed by atoms with E-state index >= 15 is 0 Å². The molecule has 0 spiro atoms. The van der Waals surface area contributed by atoms with Gasteiger partial charge < -0.3 is 9.84 Å². The molecule has 0 saturated heterocycles. The lowest BCUT2D eigenvalue weighted by molar-refractivity contribution is -0.140. The molecule has 1 aliphatic heterocycles. The Labute approximate surface area is 119 Å². The van der Waals surface area contributed by atoms with Crippen LogP contribution >= 0.6 is 23.2 Å². The van der Waals surface area contributed by atoms with Crippen LogP contribution in [0, 0.1) is 0 Å². The Morgan fingerprint density at radius 2 is 2.11 bits per heavy atom. The quantitative estimate of drug-likeness (QED) is 0.932. The fourth-order valence-electron chi connectivity index (χ4n) is 1.97. The van der Waals surface area contributed by atoms with Crippen LogP contribution in [0.15, 0.2) is 12.1 Å². The number of amides is 1. The van der Waals surface area contributed by atoms with Crippen LogP contribution in [-0.4, -0.2) is 29.6 Å². The van der Waals surface area contributed by atoms with E-state index in [1.54, 1.807) is 6.92 Å². The molecule has 0 bridgehead atoms. The first-order valence-electron chi connectivity index (χ1n) is 5.62. The topological polar surface area (TPSA) is 66.8 Å². The molecule has 1 aromatic rings. The molecule has 19 heavy (non-hydrogen) atoms. The smallest absolute Gasteiger partial charge is 0.326 e. The predicted molar refractivity (Wildman–Crippen MR) is 71.2 cm³/mol. The molecule has 7 heteroatoms. The summed E-state index contributed by atoms with van der Waals surface area (Å²) in [5, 5.41) is 9.73. The largest absolute Gasteiger partial charge is 0.482 e. The van der Waals surface area contributed by atoms with Crippen LogP contribution in [0.25, 0.3) is 0 Å². The highest BCUT2D eigenvalue weighted by Gasteiger charge is 2.35. The lowest BCUT2D eigenvalue weighted by Gasteiger charge is -2.33. The number of hydrogen-bond acceptors (Lipinski definition) is 3. The Balaban J connectivity index is 2.54. The van der Waals surface area contributed by atoms with E-state index in [1.165, 1.54) is 17.0 Å². The summed E-state index contributed by atoms with van der Waals surface area (Å²) >= 11 is 11.8. The van der Waals surface area contributed by atoms with E-state index in [-0.39, 0.29) is 23.1 Å². The van der Waals surface area contributed by atoms with Gasteiger partial charge in [-0.25, -0.2) is 4.79 Å². The Kier molecular flexibility index (Phi) is 3.87. The van der Waals surface area contributed by atoms with E-state index in [2.05, 4.69) is 0 Å². The number of ether oxygens (including phenoxy) is 1. The van der Waals surface area contributed by atoms with Gasteiger partial charge in [0.25, 0.3) is 5.91 Å². The van der Waals surface area contributed by atoms with Gasteiger partial charge >= 0.3 is 5.97 Å². The highest BCUT2D eigenvalue weighted by molar-refractivity contribution is 6.42. The van der Waals surface area contributed by atoms with Crippen molar-refractivity contribution in [2.75, 3.05) is 11.5 Å². The lowest BCUT2D eigenvalue weighted by Crippen LogP contribution is -2.49. The first-order chi connectivity index (χ1) is 8.95. The van der Waals surface area contributed by atoms with Gasteiger partial charge in [-0.3, -0.25) is 9.69 Å². The minimum Gasteiger partial charge on any atom is -0.482 e. The maximum absolute atomic E-state index is 11.9. The molecule has 0 aliphatic carbocycles. The van der Waals surface area contributed by atoms with Crippen molar-refractivity contribution in [3.05, 3.63) is 22.2 Å². The summed E-state index contributed by atoms with van der Waals surface area (Å²) in [6.07, 6.45) is 0.279. The van der Waals surface area contributed by atoms with Crippen molar-refractivity contribution in [2.24, 2.45) is 0 Å². The molecule has 5 nitrogen and oxygen atoms in total. The van der Waals surface area contributed by atoms with E-state index in [0.717, 1.165) is 0 Å². The molecule has 1 unspecified atom stereocenters. The number of carbonyl (C=O) groups is 2. The highest BCUT2D eigenvalue weighted by atomic mass is 35.5. The number of halogens is 2. The molecular formula is C12H11Cl2NO4. The third kappa shape index (κ3) is 2.48. The van der Waals surface area contributed by atoms with Gasteiger partial charge in [0.15, 0.2) is 6.61 Å². The first kappa shape index (κ1) is 14.0. The van der Waals surface area contributed by atoms with Crippen LogP contribution in [0.1, 0.15) is 13.3 Å². The molecule has 1 aliphatic rings. The van der Waals surface area contributed by atoms with Crippen LogP contribution < -0.4 is 9.64 Å². The molecule has 1 atom stereocenters. The standard InChI is InChI=1S/C12H11Cl2NO4/c1-2-8(12(17)18)15-9-3-6(13)7(14)4-10(9)19-5-11(15)16/h3-4,8H,2,5H2,1H3,(H,17,18). The molecule has 1 amide bonds. The van der Waals surface area contributed by atoms with Gasteiger partial charge in [0.05, 0.1) is 15.7 Å². The van der Waals surface area contributed by atoms with Crippen LogP contribution in [0.2, 0.25) is 10.0 Å². The summed E-state index contributed by atoms with van der Waals surface area (Å²) in [4.78, 5) is 24.4. The van der Waals surface area contributed by atoms with Crippen LogP contribution in [0.4, 0.5) is 5.69 Å². The zero-order chi connectivity index (χ0) is 14.2. The number of nitrogens with zero attached hydrogens (tertiary/aromatic N) is 1. The summed E-state index contributed by atoms with van der Waals surface area (Å²) in [7, 11) is 0. The van der Waals surface area contributed by atoms with Crippen molar-refractivity contribution in [1.29, 1.82) is 0 Å². The van der Waals surface area contributed by atoms with E-state index in [0.29, 0.717) is 11.4 Å². The SMILES string of the molecule is CCC(C(=O)O)N1C(=O)COc2cc(Cl)c(Cl)cc21. The zero-order valence-electron chi connectivity index (χ0n) is 10.0. The van der Waals surface area contributed by atoms with Gasteiger partial charge in [-0.15, -0.1) is 0 Å². The maximum Gasteiger partial charge on any atom is 0.326 e. The minimum absolute atomic E-state index is 0.214. The second kappa shape index (κ2) is 5.27. The first-order valence-corrected chi connectivity index (χ1v) is 6.38. The second-order valence-corrected chi connectivity index (χ2v) is 4.86. The van der Waals surface area contributed by atoms with Gasteiger partial charge in [-0.05, 0) is 12.5 Å². The van der Waals surface area contributed by atoms with Gasteiger partial charge in [-0.2, -0.15) is 0 Å². The van der Waals surface area contributed by atoms with Crippen molar-refractivity contribution in [3.8, 4) is 5.75 Å². The predicted octanol–water partition coefficient (Wildman–Crippen LogP) is 2.58. The zero-order valence-corrected chi connectivity index (χ0v) is 11.5. The monoisotopic (exact) mass is 303 g/mol. The number of carbonyl (C=O) groups excluding carboxylic acids is 1. The molecule has 0 fully saturated rings. The fraction of sp³-hybridized carbons (Fsp3) is 0.333. The molecule has 1 aromatic carbocycles. The van der Waals surface area contributed by atoms with Crippen molar-refractivity contribution >= 4 is 40.8 Å². The molecular weight excluding hydrogens is 293 g/mol. The highest BCUT2D eigenvalue weighted by Crippen LogP contribution is 2.39. The molecule has 2 rings (SSSR count). The average molecular weight is 304 g/mol. The number of carboxylic acid groups (broad SMARTS) is 1. The van der Waals surface area contributed by atoms with E-state index in [9.17, 15) is 14.7 Å². The summed E-state index contributed by atoms with van der Waals surface area (Å²) in [5.41, 5.74) is 0.333. The lowest BCUT2D eigenvalue weighted by atomic mass is 10.1. The molecule has 0 saturated carbocycles. The van der Waals surface area contributed by atoms with Crippen molar-refractivity contribution in [3.63, 3.8) is 0 Å². The van der Waals surface area contributed by atoms with Gasteiger partial charge in [0, 0.05) is 6.07 Å². The summed E-state index contributed by atoms with van der Waals surface area (Å²) in [6, 6.07) is 1.97. The number of fused-ring (bicyclic) bond motifs is 1. The molecule has 0 radical (unpaired) electrons. The van der Waals surface area contributed by atoms with E-state index in [1.807, 2.05) is 0 Å². The third-order valence-corrected chi connectivity index (χ3v) is 3.59. The summed E-state index contributed by atoms with van der Waals surface area (Å²) in [6.45, 7) is 1.48. The van der Waals surface area contributed by atoms with Crippen LogP contribution in [0.5, 0.6) is 5.75 Å². The van der Waals surface area contributed by atoms with Gasteiger partial charge in [0.1, 0.15) is 11.8 Å². The Bertz CT molecular complexity index is 547. The number of hydrogen-bond donors (Lipinski definition) is 1. The normalized spacial score (nSPS) is 15.7. The summed E-state index contributed by atoms with van der Waals surface area (Å²) < 4.78 is 5.25. The average Bonchev–Trinajstić information content (AvgIpc) is 2.35. The number of anilines is 1. The molecule has 1 N–H and O–H groups in total. The van der Waals surface area contributed by atoms with Crippen LogP contribution in [0.3, 0.4) is 0 Å². The van der Waals surface area contributed by atoms with Gasteiger partial charge in [-0.1, -0.05) is 30.1 Å². The van der Waals surface area contributed by atoms with Crippen molar-refractivity contribution in [1.82, 2.24) is 0 Å². The fourth-order valence-corrected chi connectivity index (χ4v) is 2.29. The molecule has 1 heterocycles. The Morgan fingerprint density at radius 1 is 1.47 bits per heavy atom. The maximum atomic E-state index is 11.9. The number of carboxylic acids is 1. The summed E-state index contributed by atoms with van der Waals surface area (Å²) in [5.74, 6) is -1.14. The van der Waals surface area contributed by atoms with Crippen molar-refractivity contribution in [2.45, 2.75) is 19.4 Å². The third-order valence-electron chi connectivity index (χ3n) is 2.86. The minimum atomic E-state index is -1.07. The molecule has 102 valence electrons. The number of rotatable bonds is 3. The van der Waals surface area contributed by atoms with E-state index < -0.39 is 17.9 Å².